The Kier molecular flexibility index (Phi) is 5.12. The number of halogens is 1. The number of unbranched alkanes of at least 4 members (excludes halogenated alkanes) is 5. The number of para-hydroxylation sites is 1. The van der Waals surface area contributed by atoms with Crippen LogP contribution in [0.3, 0.4) is 0 Å². The quantitative estimate of drug-likeness (QED) is 0.615. The van der Waals surface area contributed by atoms with Crippen molar-refractivity contribution in [2.24, 2.45) is 0 Å². The first-order chi connectivity index (χ1) is 8.83. The topological polar surface area (TPSA) is 15.8 Å². The van der Waals surface area contributed by atoms with Crippen molar-refractivity contribution in [3.63, 3.8) is 0 Å². The number of H-pyrrole nitrogens is 1. The van der Waals surface area contributed by atoms with Crippen LogP contribution in [0.2, 0.25) is 5.02 Å². The molecule has 0 saturated heterocycles. The highest BCUT2D eigenvalue weighted by molar-refractivity contribution is 6.35. The number of benzene rings is 1. The Balaban J connectivity index is 1.86. The number of rotatable bonds is 7. The molecule has 0 saturated carbocycles. The molecule has 1 aromatic carbocycles. The van der Waals surface area contributed by atoms with Gasteiger partial charge >= 0.3 is 0 Å². The van der Waals surface area contributed by atoms with E-state index in [0.717, 1.165) is 17.0 Å². The maximum Gasteiger partial charge on any atom is 0.0647 e. The molecule has 0 fully saturated rings. The van der Waals surface area contributed by atoms with Crippen molar-refractivity contribution in [3.8, 4) is 0 Å². The molecule has 0 bridgehead atoms. The molecule has 98 valence electrons. The van der Waals surface area contributed by atoms with Gasteiger partial charge in [0.05, 0.1) is 10.5 Å². The first-order valence-corrected chi connectivity index (χ1v) is 7.45. The smallest absolute Gasteiger partial charge is 0.0647 e. The fourth-order valence-electron chi connectivity index (χ4n) is 2.48. The number of nitrogens with one attached hydrogen (secondary N) is 1. The molecule has 2 aromatic rings. The molecule has 2 heteroatoms. The summed E-state index contributed by atoms with van der Waals surface area (Å²) in [7, 11) is 0. The van der Waals surface area contributed by atoms with Gasteiger partial charge in [-0.2, -0.15) is 0 Å². The average molecular weight is 264 g/mol. The predicted molar refractivity (Wildman–Crippen MR) is 80.4 cm³/mol. The maximum absolute atomic E-state index is 6.16. The van der Waals surface area contributed by atoms with Gasteiger partial charge in [0, 0.05) is 11.6 Å². The number of hydrogen-bond acceptors (Lipinski definition) is 0. The number of aryl methyl sites for hydroxylation is 1. The van der Waals surface area contributed by atoms with Crippen LogP contribution in [0.25, 0.3) is 10.9 Å². The van der Waals surface area contributed by atoms with E-state index in [1.807, 2.05) is 12.1 Å². The molecule has 0 atom stereocenters. The maximum atomic E-state index is 6.16. The normalized spacial score (nSPS) is 11.2. The molecule has 18 heavy (non-hydrogen) atoms. The van der Waals surface area contributed by atoms with Crippen molar-refractivity contribution in [2.45, 2.75) is 51.9 Å². The molecule has 0 amide bonds. The third kappa shape index (κ3) is 3.29. The van der Waals surface area contributed by atoms with Crippen molar-refractivity contribution in [1.29, 1.82) is 0 Å². The zero-order valence-electron chi connectivity index (χ0n) is 11.1. The van der Waals surface area contributed by atoms with Crippen LogP contribution >= 0.6 is 11.6 Å². The summed E-state index contributed by atoms with van der Waals surface area (Å²) in [6, 6.07) is 6.13. The van der Waals surface area contributed by atoms with Gasteiger partial charge in [-0.3, -0.25) is 0 Å². The number of aromatic nitrogens is 1. The highest BCUT2D eigenvalue weighted by atomic mass is 35.5. The molecule has 0 aliphatic carbocycles. The molecule has 1 nitrogen and oxygen atoms in total. The molecule has 2 rings (SSSR count). The summed E-state index contributed by atoms with van der Waals surface area (Å²) in [6.07, 6.45) is 11.3. The van der Waals surface area contributed by atoms with Gasteiger partial charge in [0.15, 0.2) is 0 Å². The summed E-state index contributed by atoms with van der Waals surface area (Å²) in [5.41, 5.74) is 2.49. The second-order valence-corrected chi connectivity index (χ2v) is 5.40. The molecule has 1 aromatic heterocycles. The zero-order valence-corrected chi connectivity index (χ0v) is 11.9. The fourth-order valence-corrected chi connectivity index (χ4v) is 2.71. The third-order valence-electron chi connectivity index (χ3n) is 3.55. The largest absolute Gasteiger partial charge is 0.360 e. The highest BCUT2D eigenvalue weighted by Crippen LogP contribution is 2.26. The van der Waals surface area contributed by atoms with Gasteiger partial charge in [-0.05, 0) is 24.5 Å². The van der Waals surface area contributed by atoms with Crippen molar-refractivity contribution < 1.29 is 0 Å². The lowest BCUT2D eigenvalue weighted by molar-refractivity contribution is 0.608. The van der Waals surface area contributed by atoms with Gasteiger partial charge < -0.3 is 4.98 Å². The molecule has 0 spiro atoms. The minimum absolute atomic E-state index is 0.821. The zero-order chi connectivity index (χ0) is 12.8. The van der Waals surface area contributed by atoms with Gasteiger partial charge in [-0.1, -0.05) is 62.8 Å². The SMILES string of the molecule is CCCCCCCCc1c[nH]c2c(Cl)cccc12. The van der Waals surface area contributed by atoms with Gasteiger partial charge in [0.1, 0.15) is 0 Å². The van der Waals surface area contributed by atoms with Crippen LogP contribution in [-0.2, 0) is 6.42 Å². The summed E-state index contributed by atoms with van der Waals surface area (Å²) in [4.78, 5) is 3.29. The van der Waals surface area contributed by atoms with E-state index < -0.39 is 0 Å². The van der Waals surface area contributed by atoms with E-state index in [9.17, 15) is 0 Å². The lowest BCUT2D eigenvalue weighted by Crippen LogP contribution is -1.85. The summed E-state index contributed by atoms with van der Waals surface area (Å²) in [6.45, 7) is 2.26. The van der Waals surface area contributed by atoms with Gasteiger partial charge in [-0.15, -0.1) is 0 Å². The minimum atomic E-state index is 0.821. The summed E-state index contributed by atoms with van der Waals surface area (Å²) >= 11 is 6.16. The van der Waals surface area contributed by atoms with Gasteiger partial charge in [0.25, 0.3) is 0 Å². The van der Waals surface area contributed by atoms with E-state index in [2.05, 4.69) is 24.2 Å². The second kappa shape index (κ2) is 6.84. The van der Waals surface area contributed by atoms with E-state index in [0.29, 0.717) is 0 Å². The number of aromatic amines is 1. The van der Waals surface area contributed by atoms with Crippen LogP contribution < -0.4 is 0 Å². The third-order valence-corrected chi connectivity index (χ3v) is 3.86. The second-order valence-electron chi connectivity index (χ2n) is 4.99. The van der Waals surface area contributed by atoms with Gasteiger partial charge in [-0.25, -0.2) is 0 Å². The number of fused-ring (bicyclic) bond motifs is 1. The molecule has 0 radical (unpaired) electrons. The van der Waals surface area contributed by atoms with Crippen molar-refractivity contribution >= 4 is 22.5 Å². The fraction of sp³-hybridized carbons (Fsp3) is 0.500. The van der Waals surface area contributed by atoms with E-state index in [1.165, 1.54) is 49.5 Å². The lowest BCUT2D eigenvalue weighted by atomic mass is 10.0. The lowest BCUT2D eigenvalue weighted by Gasteiger charge is -2.01. The summed E-state index contributed by atoms with van der Waals surface area (Å²) in [5, 5.41) is 2.11. The first kappa shape index (κ1) is 13.5. The Morgan fingerprint density at radius 1 is 1.06 bits per heavy atom. The first-order valence-electron chi connectivity index (χ1n) is 7.07. The van der Waals surface area contributed by atoms with Crippen LogP contribution in [0.1, 0.15) is 51.0 Å². The Morgan fingerprint density at radius 2 is 1.83 bits per heavy atom. The highest BCUT2D eigenvalue weighted by Gasteiger charge is 2.05. The molecular weight excluding hydrogens is 242 g/mol. The standard InChI is InChI=1S/C16H22ClN/c1-2-3-4-5-6-7-9-13-12-18-16-14(13)10-8-11-15(16)17/h8,10-12,18H,2-7,9H2,1H3. The summed E-state index contributed by atoms with van der Waals surface area (Å²) in [5.74, 6) is 0. The molecule has 1 N–H and O–H groups in total. The minimum Gasteiger partial charge on any atom is -0.360 e. The van der Waals surface area contributed by atoms with Crippen LogP contribution in [0.4, 0.5) is 0 Å². The van der Waals surface area contributed by atoms with Gasteiger partial charge in [0.2, 0.25) is 0 Å². The molecule has 0 unspecified atom stereocenters. The average Bonchev–Trinajstić information content (AvgIpc) is 2.79. The Bertz CT molecular complexity index is 487. The van der Waals surface area contributed by atoms with E-state index in [1.54, 1.807) is 0 Å². The molecule has 0 aliphatic heterocycles. The monoisotopic (exact) mass is 263 g/mol. The Labute approximate surface area is 115 Å². The molecular formula is C16H22ClN. The Hall–Kier alpha value is -0.950. The molecule has 1 heterocycles. The van der Waals surface area contributed by atoms with Crippen LogP contribution in [0.15, 0.2) is 24.4 Å². The summed E-state index contributed by atoms with van der Waals surface area (Å²) < 4.78 is 0. The van der Waals surface area contributed by atoms with E-state index in [-0.39, 0.29) is 0 Å². The number of hydrogen-bond donors (Lipinski definition) is 1. The van der Waals surface area contributed by atoms with Crippen molar-refractivity contribution in [2.75, 3.05) is 0 Å². The van der Waals surface area contributed by atoms with E-state index in [4.69, 9.17) is 11.6 Å². The van der Waals surface area contributed by atoms with Crippen LogP contribution in [-0.4, -0.2) is 4.98 Å². The van der Waals surface area contributed by atoms with Crippen molar-refractivity contribution in [3.05, 3.63) is 35.0 Å². The van der Waals surface area contributed by atoms with Crippen LogP contribution in [0, 0.1) is 0 Å². The van der Waals surface area contributed by atoms with Crippen LogP contribution in [0.5, 0.6) is 0 Å². The Morgan fingerprint density at radius 3 is 2.67 bits per heavy atom. The molecule has 0 aliphatic rings. The van der Waals surface area contributed by atoms with Crippen molar-refractivity contribution in [1.82, 2.24) is 4.98 Å². The predicted octanol–water partition coefficient (Wildman–Crippen LogP) is 5.72. The van der Waals surface area contributed by atoms with E-state index >= 15 is 0 Å².